The molecule has 0 saturated carbocycles. The number of aliphatic hydroxyl groups is 1. The fraction of sp³-hybridized carbons (Fsp3) is 1.00. The second kappa shape index (κ2) is 2.64. The van der Waals surface area contributed by atoms with Gasteiger partial charge in [0.1, 0.15) is 0 Å². The molecule has 1 saturated heterocycles. The summed E-state index contributed by atoms with van der Waals surface area (Å²) in [6, 6.07) is 0.0880. The zero-order chi connectivity index (χ0) is 6.85. The van der Waals surface area contributed by atoms with Crippen molar-refractivity contribution in [2.45, 2.75) is 19.1 Å². The smallest absolute Gasteiger partial charge is 0.0568 e. The van der Waals surface area contributed by atoms with E-state index in [1.165, 1.54) is 0 Å². The van der Waals surface area contributed by atoms with E-state index in [-0.39, 0.29) is 18.1 Å². The van der Waals surface area contributed by atoms with E-state index < -0.39 is 0 Å². The van der Waals surface area contributed by atoms with Crippen LogP contribution in [0.1, 0.15) is 6.92 Å². The van der Waals surface area contributed by atoms with Crippen molar-refractivity contribution in [1.82, 2.24) is 5.32 Å². The number of nitrogens with zero attached hydrogens (tertiary/aromatic N) is 1. The van der Waals surface area contributed by atoms with Crippen molar-refractivity contribution < 1.29 is 5.11 Å². The highest BCUT2D eigenvalue weighted by Gasteiger charge is 2.27. The van der Waals surface area contributed by atoms with Gasteiger partial charge in [0.15, 0.2) is 0 Å². The third-order valence-corrected chi connectivity index (χ3v) is 1.85. The van der Waals surface area contributed by atoms with E-state index in [1.807, 2.05) is 0 Å². The van der Waals surface area contributed by atoms with Gasteiger partial charge in [-0.25, -0.2) is 5.32 Å². The number of rotatable bonds is 1. The minimum atomic E-state index is -0.300. The Balaban J connectivity index is 2.40. The van der Waals surface area contributed by atoms with Crippen LogP contribution < -0.4 is 11.1 Å². The second-order valence-corrected chi connectivity index (χ2v) is 2.66. The van der Waals surface area contributed by atoms with Crippen LogP contribution in [0.2, 0.25) is 0 Å². The monoisotopic (exact) mass is 129 g/mol. The van der Waals surface area contributed by atoms with Gasteiger partial charge < -0.3 is 10.8 Å². The molecule has 1 fully saturated rings. The van der Waals surface area contributed by atoms with Crippen LogP contribution in [0.3, 0.4) is 0 Å². The van der Waals surface area contributed by atoms with E-state index in [0.717, 1.165) is 13.1 Å². The van der Waals surface area contributed by atoms with E-state index in [9.17, 15) is 0 Å². The van der Waals surface area contributed by atoms with Gasteiger partial charge in [-0.15, -0.1) is 0 Å². The lowest BCUT2D eigenvalue weighted by Gasteiger charge is -2.15. The van der Waals surface area contributed by atoms with Gasteiger partial charge in [0.05, 0.1) is 6.10 Å². The van der Waals surface area contributed by atoms with Gasteiger partial charge in [-0.3, -0.25) is 0 Å². The Hall–Kier alpha value is -0.120. The van der Waals surface area contributed by atoms with Crippen molar-refractivity contribution >= 4 is 0 Å². The summed E-state index contributed by atoms with van der Waals surface area (Å²) in [7, 11) is 0. The first-order valence-corrected chi connectivity index (χ1v) is 3.28. The molecular weight excluding hydrogens is 116 g/mol. The molecule has 1 aliphatic heterocycles. The Morgan fingerprint density at radius 3 is 2.56 bits per heavy atom. The maximum atomic E-state index is 9.08. The van der Waals surface area contributed by atoms with Crippen molar-refractivity contribution in [3.63, 3.8) is 0 Å². The molecule has 9 heavy (non-hydrogen) atoms. The van der Waals surface area contributed by atoms with E-state index >= 15 is 0 Å². The van der Waals surface area contributed by atoms with Gasteiger partial charge in [0.25, 0.3) is 0 Å². The van der Waals surface area contributed by atoms with Crippen LogP contribution >= 0.6 is 0 Å². The lowest BCUT2D eigenvalue weighted by Crippen LogP contribution is -2.35. The van der Waals surface area contributed by atoms with Crippen LogP contribution in [0.25, 0.3) is 0 Å². The van der Waals surface area contributed by atoms with E-state index in [1.54, 1.807) is 6.92 Å². The topological polar surface area (TPSA) is 60.3 Å². The molecule has 3 atom stereocenters. The third-order valence-electron chi connectivity index (χ3n) is 1.85. The maximum Gasteiger partial charge on any atom is 0.0568 e. The Bertz CT molecular complexity index is 95.1. The third kappa shape index (κ3) is 1.41. The number of nitrogens with two attached hydrogens (primary N) is 1. The molecular formula is C6H13N2O. The lowest BCUT2D eigenvalue weighted by molar-refractivity contribution is 0.127. The molecule has 3 heteroatoms. The molecule has 3 N–H and O–H groups in total. The molecule has 1 radical (unpaired) electrons. The summed E-state index contributed by atoms with van der Waals surface area (Å²) in [6.45, 7) is 3.22. The van der Waals surface area contributed by atoms with Crippen LogP contribution in [0.15, 0.2) is 0 Å². The normalized spacial score (nSPS) is 39.0. The van der Waals surface area contributed by atoms with Gasteiger partial charge in [0.2, 0.25) is 0 Å². The molecule has 3 unspecified atom stereocenters. The quantitative estimate of drug-likeness (QED) is 0.473. The van der Waals surface area contributed by atoms with Crippen molar-refractivity contribution in [1.29, 1.82) is 0 Å². The first-order valence-electron chi connectivity index (χ1n) is 3.28. The number of hydrogen-bond acceptors (Lipinski definition) is 2. The molecule has 0 spiro atoms. The molecule has 1 rings (SSSR count). The summed E-state index contributed by atoms with van der Waals surface area (Å²) in [5.74, 6) is 0.199. The van der Waals surface area contributed by atoms with Crippen molar-refractivity contribution in [2.24, 2.45) is 11.7 Å². The Morgan fingerprint density at radius 2 is 2.33 bits per heavy atom. The van der Waals surface area contributed by atoms with Gasteiger partial charge in [0, 0.05) is 25.0 Å². The van der Waals surface area contributed by atoms with Crippen LogP contribution in [-0.4, -0.2) is 30.3 Å². The number of aliphatic hydroxyl groups excluding tert-OH is 1. The summed E-state index contributed by atoms with van der Waals surface area (Å²) in [5, 5.41) is 13.2. The molecule has 3 nitrogen and oxygen atoms in total. The Labute approximate surface area is 55.2 Å². The minimum Gasteiger partial charge on any atom is -0.393 e. The summed E-state index contributed by atoms with van der Waals surface area (Å²) >= 11 is 0. The van der Waals surface area contributed by atoms with Gasteiger partial charge in [-0.2, -0.15) is 0 Å². The fourth-order valence-corrected chi connectivity index (χ4v) is 1.15. The van der Waals surface area contributed by atoms with E-state index in [0.29, 0.717) is 0 Å². The van der Waals surface area contributed by atoms with Crippen LogP contribution in [0.4, 0.5) is 0 Å². The predicted octanol–water partition coefficient (Wildman–Crippen LogP) is -1.07. The average Bonchev–Trinajstić information content (AvgIpc) is 2.13. The Morgan fingerprint density at radius 1 is 1.67 bits per heavy atom. The first kappa shape index (κ1) is 6.99. The standard InChI is InChI=1S/C6H13N2O/c1-4(9)5-2-8-3-6(5)7/h4-6,9H,2-3,7H2,1H3. The zero-order valence-electron chi connectivity index (χ0n) is 5.62. The Kier molecular flexibility index (Phi) is 2.05. The fourth-order valence-electron chi connectivity index (χ4n) is 1.15. The van der Waals surface area contributed by atoms with Crippen molar-refractivity contribution in [3.8, 4) is 0 Å². The summed E-state index contributed by atoms with van der Waals surface area (Å²) < 4.78 is 0. The molecule has 0 aromatic rings. The second-order valence-electron chi connectivity index (χ2n) is 2.66. The minimum absolute atomic E-state index is 0.0880. The highest BCUT2D eigenvalue weighted by molar-refractivity contribution is 4.86. The van der Waals surface area contributed by atoms with Crippen molar-refractivity contribution in [2.75, 3.05) is 13.1 Å². The predicted molar refractivity (Wildman–Crippen MR) is 35.0 cm³/mol. The average molecular weight is 129 g/mol. The van der Waals surface area contributed by atoms with Gasteiger partial charge >= 0.3 is 0 Å². The molecule has 1 aliphatic rings. The van der Waals surface area contributed by atoms with Crippen LogP contribution in [-0.2, 0) is 0 Å². The lowest BCUT2D eigenvalue weighted by atomic mass is 9.99. The maximum absolute atomic E-state index is 9.08. The van der Waals surface area contributed by atoms with Crippen LogP contribution in [0, 0.1) is 5.92 Å². The zero-order valence-corrected chi connectivity index (χ0v) is 5.62. The van der Waals surface area contributed by atoms with Crippen molar-refractivity contribution in [3.05, 3.63) is 0 Å². The van der Waals surface area contributed by atoms with E-state index in [2.05, 4.69) is 5.32 Å². The van der Waals surface area contributed by atoms with E-state index in [4.69, 9.17) is 10.8 Å². The summed E-state index contributed by atoms with van der Waals surface area (Å²) in [5.41, 5.74) is 5.63. The molecule has 1 heterocycles. The first-order chi connectivity index (χ1) is 4.22. The molecule has 0 aromatic heterocycles. The van der Waals surface area contributed by atoms with Gasteiger partial charge in [-0.1, -0.05) is 0 Å². The summed E-state index contributed by atoms with van der Waals surface area (Å²) in [4.78, 5) is 0. The highest BCUT2D eigenvalue weighted by Crippen LogP contribution is 2.11. The number of hydrogen-bond donors (Lipinski definition) is 2. The SMILES string of the molecule is CC(O)C1C[N]CC1N. The summed E-state index contributed by atoms with van der Waals surface area (Å²) in [6.07, 6.45) is -0.300. The molecule has 0 amide bonds. The van der Waals surface area contributed by atoms with Gasteiger partial charge in [-0.05, 0) is 6.92 Å². The largest absolute Gasteiger partial charge is 0.393 e. The van der Waals surface area contributed by atoms with Crippen LogP contribution in [0.5, 0.6) is 0 Å². The molecule has 53 valence electrons. The molecule has 0 aromatic carbocycles. The molecule has 0 aliphatic carbocycles. The molecule has 0 bridgehead atoms. The highest BCUT2D eigenvalue weighted by atomic mass is 16.3.